The average Bonchev–Trinajstić information content (AvgIpc) is 2.22. The molecule has 1 aliphatic rings. The molecule has 0 saturated heterocycles. The number of amides is 2. The molecule has 2 N–H and O–H groups in total. The van der Waals surface area contributed by atoms with Crippen LogP contribution in [0.5, 0.6) is 5.75 Å². The minimum absolute atomic E-state index is 0.0522. The van der Waals surface area contributed by atoms with Crippen molar-refractivity contribution < 1.29 is 14.3 Å². The van der Waals surface area contributed by atoms with Gasteiger partial charge in [-0.1, -0.05) is 6.07 Å². The lowest BCUT2D eigenvalue weighted by atomic mass is 10.1. The molecule has 0 radical (unpaired) electrons. The first kappa shape index (κ1) is 10.5. The molecule has 0 fully saturated rings. The Labute approximate surface area is 92.8 Å². The normalized spacial score (nSPS) is 14.3. The van der Waals surface area contributed by atoms with Gasteiger partial charge in [0.25, 0.3) is 5.91 Å². The van der Waals surface area contributed by atoms with Crippen molar-refractivity contribution in [3.63, 3.8) is 0 Å². The molecule has 16 heavy (non-hydrogen) atoms. The monoisotopic (exact) mass is 220 g/mol. The number of nitrogens with zero attached hydrogens (tertiary/aromatic N) is 1. The summed E-state index contributed by atoms with van der Waals surface area (Å²) in [6.07, 6.45) is 0. The molecule has 0 aliphatic carbocycles. The van der Waals surface area contributed by atoms with Gasteiger partial charge in [-0.2, -0.15) is 0 Å². The van der Waals surface area contributed by atoms with Gasteiger partial charge in [0, 0.05) is 0 Å². The maximum Gasteiger partial charge on any atom is 0.265 e. The summed E-state index contributed by atoms with van der Waals surface area (Å²) in [6, 6.07) is 5.47. The molecular formula is C11H12N2O3. The number of fused-ring (bicyclic) bond motifs is 1. The van der Waals surface area contributed by atoms with Crippen LogP contribution in [-0.2, 0) is 9.59 Å². The van der Waals surface area contributed by atoms with Gasteiger partial charge in [-0.3, -0.25) is 14.5 Å². The minimum Gasteiger partial charge on any atom is -0.482 e. The van der Waals surface area contributed by atoms with Crippen LogP contribution in [0.25, 0.3) is 0 Å². The molecule has 0 spiro atoms. The molecule has 1 heterocycles. The zero-order valence-electron chi connectivity index (χ0n) is 8.90. The number of nitrogens with two attached hydrogens (primary N) is 1. The summed E-state index contributed by atoms with van der Waals surface area (Å²) in [6.45, 7) is 1.74. The number of rotatable bonds is 2. The zero-order chi connectivity index (χ0) is 11.7. The third-order valence-electron chi connectivity index (χ3n) is 2.37. The van der Waals surface area contributed by atoms with E-state index in [1.165, 1.54) is 4.90 Å². The topological polar surface area (TPSA) is 72.6 Å². The van der Waals surface area contributed by atoms with E-state index in [4.69, 9.17) is 10.5 Å². The number of primary amides is 1. The fourth-order valence-corrected chi connectivity index (χ4v) is 1.64. The molecular weight excluding hydrogens is 208 g/mol. The summed E-state index contributed by atoms with van der Waals surface area (Å²) < 4.78 is 5.26. The van der Waals surface area contributed by atoms with E-state index in [1.807, 2.05) is 13.0 Å². The number of ether oxygens (including phenoxy) is 1. The van der Waals surface area contributed by atoms with Gasteiger partial charge in [0.15, 0.2) is 6.61 Å². The van der Waals surface area contributed by atoms with Gasteiger partial charge in [0.1, 0.15) is 12.3 Å². The first-order valence-electron chi connectivity index (χ1n) is 4.90. The number of anilines is 1. The second-order valence-electron chi connectivity index (χ2n) is 3.71. The molecule has 0 atom stereocenters. The van der Waals surface area contributed by atoms with E-state index in [0.717, 1.165) is 5.56 Å². The molecule has 1 aromatic rings. The number of benzene rings is 1. The number of carbonyl (C=O) groups excluding carboxylic acids is 2. The highest BCUT2D eigenvalue weighted by Gasteiger charge is 2.26. The molecule has 0 unspecified atom stereocenters. The van der Waals surface area contributed by atoms with Gasteiger partial charge in [0.05, 0.1) is 5.69 Å². The van der Waals surface area contributed by atoms with Crippen molar-refractivity contribution in [3.05, 3.63) is 23.8 Å². The Bertz CT molecular complexity index is 457. The smallest absolute Gasteiger partial charge is 0.265 e. The van der Waals surface area contributed by atoms with Gasteiger partial charge < -0.3 is 10.5 Å². The van der Waals surface area contributed by atoms with Crippen LogP contribution in [0.2, 0.25) is 0 Å². The van der Waals surface area contributed by atoms with Crippen LogP contribution >= 0.6 is 0 Å². The van der Waals surface area contributed by atoms with Gasteiger partial charge in [0.2, 0.25) is 5.91 Å². The van der Waals surface area contributed by atoms with Gasteiger partial charge in [-0.25, -0.2) is 0 Å². The highest BCUT2D eigenvalue weighted by atomic mass is 16.5. The van der Waals surface area contributed by atoms with Crippen LogP contribution in [0.1, 0.15) is 5.56 Å². The molecule has 1 aliphatic heterocycles. The Morgan fingerprint density at radius 1 is 1.56 bits per heavy atom. The number of carbonyl (C=O) groups is 2. The maximum atomic E-state index is 11.6. The second kappa shape index (κ2) is 3.84. The third kappa shape index (κ3) is 1.84. The van der Waals surface area contributed by atoms with E-state index in [9.17, 15) is 9.59 Å². The summed E-state index contributed by atoms with van der Waals surface area (Å²) in [7, 11) is 0. The molecule has 0 saturated carbocycles. The molecule has 0 aromatic heterocycles. The Balaban J connectivity index is 2.42. The Morgan fingerprint density at radius 3 is 3.00 bits per heavy atom. The fourth-order valence-electron chi connectivity index (χ4n) is 1.64. The van der Waals surface area contributed by atoms with Crippen molar-refractivity contribution in [3.8, 4) is 5.75 Å². The van der Waals surface area contributed by atoms with Gasteiger partial charge in [-0.05, 0) is 24.6 Å². The lowest BCUT2D eigenvalue weighted by Gasteiger charge is -2.28. The van der Waals surface area contributed by atoms with Crippen molar-refractivity contribution in [2.45, 2.75) is 6.92 Å². The quantitative estimate of drug-likeness (QED) is 0.774. The van der Waals surface area contributed by atoms with Crippen molar-refractivity contribution in [2.24, 2.45) is 5.73 Å². The van der Waals surface area contributed by atoms with Crippen molar-refractivity contribution in [1.82, 2.24) is 0 Å². The fraction of sp³-hybridized carbons (Fsp3) is 0.273. The Morgan fingerprint density at radius 2 is 2.31 bits per heavy atom. The summed E-state index contributed by atoms with van der Waals surface area (Å²) in [5.41, 5.74) is 6.71. The molecule has 5 nitrogen and oxygen atoms in total. The van der Waals surface area contributed by atoms with E-state index in [-0.39, 0.29) is 19.1 Å². The predicted molar refractivity (Wildman–Crippen MR) is 58.2 cm³/mol. The Hall–Kier alpha value is -2.04. The minimum atomic E-state index is -0.539. The second-order valence-corrected chi connectivity index (χ2v) is 3.71. The van der Waals surface area contributed by atoms with E-state index in [1.54, 1.807) is 12.1 Å². The highest BCUT2D eigenvalue weighted by Crippen LogP contribution is 2.32. The number of aryl methyl sites for hydroxylation is 1. The summed E-state index contributed by atoms with van der Waals surface area (Å²) >= 11 is 0. The summed E-state index contributed by atoms with van der Waals surface area (Å²) in [5.74, 6) is -0.189. The molecule has 2 amide bonds. The summed E-state index contributed by atoms with van der Waals surface area (Å²) in [5, 5.41) is 0. The Kier molecular flexibility index (Phi) is 2.52. The third-order valence-corrected chi connectivity index (χ3v) is 2.37. The largest absolute Gasteiger partial charge is 0.482 e. The average molecular weight is 220 g/mol. The molecule has 0 bridgehead atoms. The van der Waals surface area contributed by atoms with Crippen molar-refractivity contribution in [1.29, 1.82) is 0 Å². The summed E-state index contributed by atoms with van der Waals surface area (Å²) in [4.78, 5) is 23.8. The maximum absolute atomic E-state index is 11.6. The van der Waals surface area contributed by atoms with E-state index in [0.29, 0.717) is 11.4 Å². The predicted octanol–water partition coefficient (Wildman–Crippen LogP) is 0.206. The van der Waals surface area contributed by atoms with Gasteiger partial charge in [-0.15, -0.1) is 0 Å². The van der Waals surface area contributed by atoms with Crippen molar-refractivity contribution in [2.75, 3.05) is 18.1 Å². The lowest BCUT2D eigenvalue weighted by Crippen LogP contribution is -2.43. The van der Waals surface area contributed by atoms with Gasteiger partial charge >= 0.3 is 0 Å². The van der Waals surface area contributed by atoms with Crippen LogP contribution in [0.15, 0.2) is 18.2 Å². The van der Waals surface area contributed by atoms with Crippen LogP contribution < -0.4 is 15.4 Å². The lowest BCUT2D eigenvalue weighted by molar-refractivity contribution is -0.124. The van der Waals surface area contributed by atoms with Crippen molar-refractivity contribution >= 4 is 17.5 Å². The van der Waals surface area contributed by atoms with Crippen LogP contribution in [0.4, 0.5) is 5.69 Å². The van der Waals surface area contributed by atoms with E-state index < -0.39 is 5.91 Å². The van der Waals surface area contributed by atoms with Crippen LogP contribution in [0.3, 0.4) is 0 Å². The van der Waals surface area contributed by atoms with E-state index in [2.05, 4.69) is 0 Å². The molecule has 2 rings (SSSR count). The van der Waals surface area contributed by atoms with Crippen LogP contribution in [-0.4, -0.2) is 25.0 Å². The number of hydrogen-bond donors (Lipinski definition) is 1. The first-order valence-corrected chi connectivity index (χ1v) is 4.90. The highest BCUT2D eigenvalue weighted by molar-refractivity contribution is 6.01. The SMILES string of the molecule is Cc1ccc2c(c1)N(CC(N)=O)C(=O)CO2. The standard InChI is InChI=1S/C11H12N2O3/c1-7-2-3-9-8(4-7)13(5-10(12)14)11(15)6-16-9/h2-4H,5-6H2,1H3,(H2,12,14). The molecule has 84 valence electrons. The zero-order valence-corrected chi connectivity index (χ0v) is 8.90. The molecule has 1 aromatic carbocycles. The first-order chi connectivity index (χ1) is 7.58. The molecule has 5 heteroatoms. The number of hydrogen-bond acceptors (Lipinski definition) is 3. The van der Waals surface area contributed by atoms with E-state index >= 15 is 0 Å². The van der Waals surface area contributed by atoms with Crippen LogP contribution in [0, 0.1) is 6.92 Å².